The summed E-state index contributed by atoms with van der Waals surface area (Å²) in [5.41, 5.74) is -1.42. The highest BCUT2D eigenvalue weighted by Crippen LogP contribution is 2.59. The van der Waals surface area contributed by atoms with Crippen molar-refractivity contribution in [3.05, 3.63) is 60.2 Å². The van der Waals surface area contributed by atoms with Crippen molar-refractivity contribution in [2.45, 2.75) is 81.2 Å². The van der Waals surface area contributed by atoms with E-state index in [0.717, 1.165) is 37.7 Å². The second-order valence-corrected chi connectivity index (χ2v) is 11.6. The summed E-state index contributed by atoms with van der Waals surface area (Å²) in [7, 11) is 0. The number of likely N-dealkylation sites (tertiary alicyclic amines) is 1. The molecule has 8 heteroatoms. The lowest BCUT2D eigenvalue weighted by Crippen LogP contribution is -2.60. The highest BCUT2D eigenvalue weighted by molar-refractivity contribution is 5.99. The maximum atomic E-state index is 14.6. The maximum Gasteiger partial charge on any atom is 0.313 e. The third-order valence-corrected chi connectivity index (χ3v) is 9.60. The number of aliphatic hydroxyl groups excluding tert-OH is 1. The molecular formula is C31H38N2O6. The Morgan fingerprint density at radius 1 is 1.00 bits per heavy atom. The van der Waals surface area contributed by atoms with Crippen LogP contribution >= 0.6 is 0 Å². The fourth-order valence-corrected chi connectivity index (χ4v) is 7.80. The minimum atomic E-state index is -1.33. The lowest BCUT2D eigenvalue weighted by Gasteiger charge is -2.42. The molecule has 1 aromatic rings. The first-order chi connectivity index (χ1) is 19.0. The molecule has 2 amide bonds. The van der Waals surface area contributed by atoms with Gasteiger partial charge in [0.15, 0.2) is 0 Å². The first kappa shape index (κ1) is 26.3. The molecule has 39 heavy (non-hydrogen) atoms. The fourth-order valence-electron chi connectivity index (χ4n) is 7.80. The Balaban J connectivity index is 1.48. The molecule has 0 radical (unpaired) electrons. The number of amides is 2. The van der Waals surface area contributed by atoms with E-state index in [1.165, 1.54) is 0 Å². The average Bonchev–Trinajstić information content (AvgIpc) is 3.24. The highest BCUT2D eigenvalue weighted by atomic mass is 16.6. The van der Waals surface area contributed by atoms with Crippen LogP contribution in [0.2, 0.25) is 0 Å². The Labute approximate surface area is 229 Å². The van der Waals surface area contributed by atoms with Crippen LogP contribution in [0.3, 0.4) is 0 Å². The van der Waals surface area contributed by atoms with E-state index in [1.807, 2.05) is 60.4 Å². The second-order valence-electron chi connectivity index (χ2n) is 11.6. The van der Waals surface area contributed by atoms with Crippen LogP contribution in [0.4, 0.5) is 0 Å². The molecule has 6 atom stereocenters. The fraction of sp³-hybridized carbons (Fsp3) is 0.581. The van der Waals surface area contributed by atoms with Gasteiger partial charge >= 0.3 is 5.97 Å². The SMILES string of the molecule is CC[C@@]12C=CCOC(=O)[C@@H]1[C@H]1C(=O)N([C@@H](CO)Cc3ccccc3)C3C(=O)N(C4CCCCC4)CC=C[C@@]31O2. The zero-order valence-electron chi connectivity index (χ0n) is 22.5. The Morgan fingerprint density at radius 3 is 2.49 bits per heavy atom. The molecule has 1 aromatic carbocycles. The number of fused-ring (bicyclic) bond motifs is 2. The molecule has 5 aliphatic rings. The van der Waals surface area contributed by atoms with Crippen molar-refractivity contribution in [3.63, 3.8) is 0 Å². The molecule has 1 N–H and O–H groups in total. The van der Waals surface area contributed by atoms with Gasteiger partial charge in [0.2, 0.25) is 11.8 Å². The Kier molecular flexibility index (Phi) is 6.88. The first-order valence-electron chi connectivity index (χ1n) is 14.5. The van der Waals surface area contributed by atoms with Crippen molar-refractivity contribution < 1.29 is 29.0 Å². The number of esters is 1. The van der Waals surface area contributed by atoms with Crippen molar-refractivity contribution in [1.82, 2.24) is 9.80 Å². The zero-order valence-corrected chi connectivity index (χ0v) is 22.5. The number of hydrogen-bond donors (Lipinski definition) is 1. The van der Waals surface area contributed by atoms with Crippen LogP contribution in [0.25, 0.3) is 0 Å². The summed E-state index contributed by atoms with van der Waals surface area (Å²) in [5.74, 6) is -2.76. The van der Waals surface area contributed by atoms with Crippen LogP contribution in [0, 0.1) is 11.8 Å². The summed E-state index contributed by atoms with van der Waals surface area (Å²) in [5, 5.41) is 10.6. The Morgan fingerprint density at radius 2 is 1.77 bits per heavy atom. The van der Waals surface area contributed by atoms with E-state index < -0.39 is 41.1 Å². The summed E-state index contributed by atoms with van der Waals surface area (Å²) in [4.78, 5) is 46.1. The summed E-state index contributed by atoms with van der Waals surface area (Å²) in [6, 6.07) is 8.14. The van der Waals surface area contributed by atoms with Gasteiger partial charge in [-0.1, -0.05) is 74.7 Å². The Hall–Kier alpha value is -2.97. The van der Waals surface area contributed by atoms with E-state index in [1.54, 1.807) is 11.0 Å². The monoisotopic (exact) mass is 534 g/mol. The van der Waals surface area contributed by atoms with Crippen molar-refractivity contribution in [2.75, 3.05) is 19.8 Å². The summed E-state index contributed by atoms with van der Waals surface area (Å²) in [6.07, 6.45) is 13.5. The van der Waals surface area contributed by atoms with Crippen LogP contribution in [0.15, 0.2) is 54.6 Å². The number of cyclic esters (lactones) is 1. The van der Waals surface area contributed by atoms with Gasteiger partial charge in [-0.25, -0.2) is 0 Å². The van der Waals surface area contributed by atoms with E-state index in [2.05, 4.69) is 0 Å². The van der Waals surface area contributed by atoms with Gasteiger partial charge in [-0.3, -0.25) is 14.4 Å². The topological polar surface area (TPSA) is 96.4 Å². The molecule has 3 fully saturated rings. The molecule has 0 bridgehead atoms. The van der Waals surface area contributed by atoms with Gasteiger partial charge in [0, 0.05) is 12.6 Å². The number of hydrogen-bond acceptors (Lipinski definition) is 6. The summed E-state index contributed by atoms with van der Waals surface area (Å²) >= 11 is 0. The molecule has 6 rings (SSSR count). The van der Waals surface area contributed by atoms with Gasteiger partial charge in [0.25, 0.3) is 0 Å². The summed E-state index contributed by atoms with van der Waals surface area (Å²) in [6.45, 7) is 2.19. The number of ether oxygens (including phenoxy) is 2. The predicted molar refractivity (Wildman–Crippen MR) is 143 cm³/mol. The third kappa shape index (κ3) is 4.06. The van der Waals surface area contributed by atoms with Crippen LogP contribution in [0.1, 0.15) is 51.0 Å². The molecule has 1 saturated carbocycles. The van der Waals surface area contributed by atoms with E-state index in [4.69, 9.17) is 9.47 Å². The van der Waals surface area contributed by atoms with Gasteiger partial charge in [0.05, 0.1) is 18.6 Å². The van der Waals surface area contributed by atoms with Crippen molar-refractivity contribution in [3.8, 4) is 0 Å². The smallest absolute Gasteiger partial charge is 0.313 e. The predicted octanol–water partition coefficient (Wildman–Crippen LogP) is 2.80. The van der Waals surface area contributed by atoms with Crippen molar-refractivity contribution >= 4 is 17.8 Å². The lowest BCUT2D eigenvalue weighted by molar-refractivity contribution is -0.162. The molecule has 4 aliphatic heterocycles. The molecular weight excluding hydrogens is 496 g/mol. The Bertz CT molecular complexity index is 1180. The van der Waals surface area contributed by atoms with E-state index in [9.17, 15) is 19.5 Å². The second kappa shape index (κ2) is 10.2. The van der Waals surface area contributed by atoms with Gasteiger partial charge < -0.3 is 24.4 Å². The van der Waals surface area contributed by atoms with Gasteiger partial charge in [-0.2, -0.15) is 0 Å². The van der Waals surface area contributed by atoms with Gasteiger partial charge in [-0.05, 0) is 37.3 Å². The van der Waals surface area contributed by atoms with E-state index in [-0.39, 0.29) is 31.1 Å². The average molecular weight is 535 g/mol. The number of rotatable bonds is 6. The normalized spacial score (nSPS) is 35.2. The van der Waals surface area contributed by atoms with Crippen molar-refractivity contribution in [1.29, 1.82) is 0 Å². The molecule has 1 spiro atoms. The van der Waals surface area contributed by atoms with Gasteiger partial charge in [-0.15, -0.1) is 0 Å². The minimum Gasteiger partial charge on any atom is -0.461 e. The van der Waals surface area contributed by atoms with E-state index >= 15 is 0 Å². The lowest BCUT2D eigenvalue weighted by atomic mass is 9.73. The van der Waals surface area contributed by atoms with Crippen LogP contribution in [0.5, 0.6) is 0 Å². The molecule has 1 aliphatic carbocycles. The number of nitrogens with zero attached hydrogens (tertiary/aromatic N) is 2. The largest absolute Gasteiger partial charge is 0.461 e. The third-order valence-electron chi connectivity index (χ3n) is 9.60. The van der Waals surface area contributed by atoms with Crippen molar-refractivity contribution in [2.24, 2.45) is 11.8 Å². The molecule has 4 heterocycles. The van der Waals surface area contributed by atoms with Crippen LogP contribution in [-0.4, -0.2) is 81.8 Å². The molecule has 8 nitrogen and oxygen atoms in total. The molecule has 2 saturated heterocycles. The minimum absolute atomic E-state index is 0.0978. The van der Waals surface area contributed by atoms with Crippen LogP contribution < -0.4 is 0 Å². The molecule has 1 unspecified atom stereocenters. The van der Waals surface area contributed by atoms with E-state index in [0.29, 0.717) is 19.4 Å². The number of benzene rings is 1. The van der Waals surface area contributed by atoms with Crippen LogP contribution in [-0.2, 0) is 30.3 Å². The number of carbonyl (C=O) groups excluding carboxylic acids is 3. The highest BCUT2D eigenvalue weighted by Gasteiger charge is 2.76. The molecule has 0 aromatic heterocycles. The summed E-state index contributed by atoms with van der Waals surface area (Å²) < 4.78 is 12.5. The maximum absolute atomic E-state index is 14.6. The first-order valence-corrected chi connectivity index (χ1v) is 14.5. The number of aliphatic hydroxyl groups is 1. The number of carbonyl (C=O) groups is 3. The zero-order chi connectivity index (χ0) is 27.2. The standard InChI is InChI=1S/C31H38N2O6/c1-2-30-15-10-18-38-29(37)25(30)24-27(35)33(23(20-34)19-21-11-5-3-6-12-21)26-28(36)32(22-13-7-4-8-14-22)17-9-16-31(24,26)39-30/h3,5-6,9-12,15-16,22-26,34H,2,4,7-8,13-14,17-20H2,1H3/t23-,24+,25+,26?,30-,31+/m1/s1. The quantitative estimate of drug-likeness (QED) is 0.446. The molecule has 208 valence electrons. The van der Waals surface area contributed by atoms with Gasteiger partial charge in [0.1, 0.15) is 29.8 Å².